The van der Waals surface area contributed by atoms with Gasteiger partial charge in [-0.1, -0.05) is 0 Å². The summed E-state index contributed by atoms with van der Waals surface area (Å²) in [6.45, 7) is 3.49. The van der Waals surface area contributed by atoms with Crippen molar-refractivity contribution < 1.29 is 28.6 Å². The number of nitrogens with one attached hydrogen (secondary N) is 1. The number of anilines is 1. The standard InChI is InChI=1S/C25H29N3O6/c1-32-21-7-4-19(16-22(21)33-2)25(31)34-14-13-27-9-11-28(12-10-27)24(30)18-3-6-20-17(15-18)5-8-23(29)26-20/h3-4,6-7,15-16H,5,8-14H2,1-2H3,(H,26,29). The van der Waals surface area contributed by atoms with Crippen LogP contribution in [0.5, 0.6) is 11.5 Å². The van der Waals surface area contributed by atoms with Gasteiger partial charge in [-0.2, -0.15) is 0 Å². The van der Waals surface area contributed by atoms with E-state index in [0.717, 1.165) is 11.3 Å². The number of hydrogen-bond acceptors (Lipinski definition) is 7. The zero-order valence-corrected chi connectivity index (χ0v) is 19.5. The Morgan fingerprint density at radius 2 is 1.65 bits per heavy atom. The molecule has 1 N–H and O–H groups in total. The highest BCUT2D eigenvalue weighted by molar-refractivity contribution is 5.98. The number of esters is 1. The smallest absolute Gasteiger partial charge is 0.338 e. The van der Waals surface area contributed by atoms with Crippen LogP contribution < -0.4 is 14.8 Å². The molecule has 0 saturated carbocycles. The quantitative estimate of drug-likeness (QED) is 0.624. The summed E-state index contributed by atoms with van der Waals surface area (Å²) >= 11 is 0. The van der Waals surface area contributed by atoms with E-state index in [1.807, 2.05) is 17.0 Å². The Hall–Kier alpha value is -3.59. The first-order chi connectivity index (χ1) is 16.5. The molecule has 2 aliphatic heterocycles. The molecule has 1 fully saturated rings. The van der Waals surface area contributed by atoms with Crippen LogP contribution in [0.1, 0.15) is 32.7 Å². The number of amides is 2. The fraction of sp³-hybridized carbons (Fsp3) is 0.400. The van der Waals surface area contributed by atoms with Crippen molar-refractivity contribution >= 4 is 23.5 Å². The van der Waals surface area contributed by atoms with E-state index < -0.39 is 5.97 Å². The average molecular weight is 468 g/mol. The molecular weight excluding hydrogens is 438 g/mol. The molecule has 2 aliphatic rings. The number of aryl methyl sites for hydroxylation is 1. The molecule has 0 unspecified atom stereocenters. The number of rotatable bonds is 7. The second kappa shape index (κ2) is 10.6. The number of ether oxygens (including phenoxy) is 3. The van der Waals surface area contributed by atoms with Crippen molar-refractivity contribution in [3.05, 3.63) is 53.1 Å². The Bertz CT molecular complexity index is 1080. The second-order valence-corrected chi connectivity index (χ2v) is 8.26. The molecule has 1 saturated heterocycles. The second-order valence-electron chi connectivity index (χ2n) is 8.26. The predicted molar refractivity (Wildman–Crippen MR) is 126 cm³/mol. The van der Waals surface area contributed by atoms with Crippen molar-refractivity contribution in [1.29, 1.82) is 0 Å². The first kappa shape index (κ1) is 23.6. The summed E-state index contributed by atoms with van der Waals surface area (Å²) in [7, 11) is 3.05. The number of hydrogen-bond donors (Lipinski definition) is 1. The molecule has 0 spiro atoms. The summed E-state index contributed by atoms with van der Waals surface area (Å²) in [5.41, 5.74) is 2.84. The SMILES string of the molecule is COc1ccc(C(=O)OCCN2CCN(C(=O)c3ccc4c(c3)CCC(=O)N4)CC2)cc1OC. The zero-order valence-electron chi connectivity index (χ0n) is 19.5. The van der Waals surface area contributed by atoms with E-state index in [9.17, 15) is 14.4 Å². The lowest BCUT2D eigenvalue weighted by Crippen LogP contribution is -2.49. The number of nitrogens with zero attached hydrogens (tertiary/aromatic N) is 2. The first-order valence-corrected chi connectivity index (χ1v) is 11.3. The van der Waals surface area contributed by atoms with Crippen LogP contribution in [0.25, 0.3) is 0 Å². The molecule has 34 heavy (non-hydrogen) atoms. The Labute approximate surface area is 198 Å². The van der Waals surface area contributed by atoms with Gasteiger partial charge in [-0.15, -0.1) is 0 Å². The maximum Gasteiger partial charge on any atom is 0.338 e. The zero-order chi connectivity index (χ0) is 24.1. The van der Waals surface area contributed by atoms with Gasteiger partial charge in [0, 0.05) is 50.4 Å². The number of fused-ring (bicyclic) bond motifs is 1. The van der Waals surface area contributed by atoms with Crippen molar-refractivity contribution in [2.24, 2.45) is 0 Å². The minimum absolute atomic E-state index is 0.000712. The van der Waals surface area contributed by atoms with Gasteiger partial charge < -0.3 is 24.4 Å². The Morgan fingerprint density at radius 3 is 2.38 bits per heavy atom. The first-order valence-electron chi connectivity index (χ1n) is 11.3. The Morgan fingerprint density at radius 1 is 0.912 bits per heavy atom. The number of benzene rings is 2. The van der Waals surface area contributed by atoms with Gasteiger partial charge in [0.2, 0.25) is 5.91 Å². The fourth-order valence-corrected chi connectivity index (χ4v) is 4.19. The molecule has 9 nitrogen and oxygen atoms in total. The molecule has 0 atom stereocenters. The highest BCUT2D eigenvalue weighted by atomic mass is 16.5. The van der Waals surface area contributed by atoms with Gasteiger partial charge in [-0.05, 0) is 48.4 Å². The summed E-state index contributed by atoms with van der Waals surface area (Å²) in [5.74, 6) is 0.616. The number of carbonyl (C=O) groups is 3. The van der Waals surface area contributed by atoms with Gasteiger partial charge in [0.05, 0.1) is 19.8 Å². The van der Waals surface area contributed by atoms with E-state index in [-0.39, 0.29) is 18.4 Å². The molecule has 2 aromatic carbocycles. The molecular formula is C25H29N3O6. The summed E-state index contributed by atoms with van der Waals surface area (Å²) < 4.78 is 15.8. The van der Waals surface area contributed by atoms with Gasteiger partial charge in [-0.25, -0.2) is 4.79 Å². The molecule has 2 aromatic rings. The number of piperazine rings is 1. The van der Waals surface area contributed by atoms with Crippen LogP contribution >= 0.6 is 0 Å². The van der Waals surface area contributed by atoms with E-state index in [4.69, 9.17) is 14.2 Å². The third-order valence-electron chi connectivity index (χ3n) is 6.17. The molecule has 2 amide bonds. The van der Waals surface area contributed by atoms with Crippen molar-refractivity contribution in [2.75, 3.05) is 58.9 Å². The van der Waals surface area contributed by atoms with Gasteiger partial charge in [0.15, 0.2) is 11.5 Å². The molecule has 0 aromatic heterocycles. The number of methoxy groups -OCH3 is 2. The van der Waals surface area contributed by atoms with E-state index in [1.54, 1.807) is 24.3 Å². The van der Waals surface area contributed by atoms with E-state index in [0.29, 0.717) is 68.2 Å². The van der Waals surface area contributed by atoms with Crippen LogP contribution in [-0.4, -0.2) is 81.1 Å². The molecule has 0 bridgehead atoms. The van der Waals surface area contributed by atoms with Gasteiger partial charge in [0.1, 0.15) is 6.61 Å². The lowest BCUT2D eigenvalue weighted by atomic mass is 10.00. The monoisotopic (exact) mass is 467 g/mol. The minimum atomic E-state index is -0.418. The van der Waals surface area contributed by atoms with E-state index >= 15 is 0 Å². The van der Waals surface area contributed by atoms with E-state index in [1.165, 1.54) is 14.2 Å². The summed E-state index contributed by atoms with van der Waals surface area (Å²) in [6, 6.07) is 10.4. The molecule has 0 radical (unpaired) electrons. The Balaban J connectivity index is 1.23. The van der Waals surface area contributed by atoms with Crippen LogP contribution in [-0.2, 0) is 16.0 Å². The molecule has 180 valence electrons. The Kier molecular flexibility index (Phi) is 7.32. The van der Waals surface area contributed by atoms with Crippen LogP contribution in [0.2, 0.25) is 0 Å². The van der Waals surface area contributed by atoms with Crippen molar-refractivity contribution in [3.8, 4) is 11.5 Å². The minimum Gasteiger partial charge on any atom is -0.493 e. The number of carbonyl (C=O) groups excluding carboxylic acids is 3. The van der Waals surface area contributed by atoms with Crippen molar-refractivity contribution in [1.82, 2.24) is 9.80 Å². The summed E-state index contributed by atoms with van der Waals surface area (Å²) in [5, 5.41) is 2.84. The maximum atomic E-state index is 12.9. The van der Waals surface area contributed by atoms with Gasteiger partial charge in [0.25, 0.3) is 5.91 Å². The summed E-state index contributed by atoms with van der Waals surface area (Å²) in [4.78, 5) is 40.9. The summed E-state index contributed by atoms with van der Waals surface area (Å²) in [6.07, 6.45) is 1.10. The van der Waals surface area contributed by atoms with Crippen LogP contribution in [0.3, 0.4) is 0 Å². The highest BCUT2D eigenvalue weighted by Gasteiger charge is 2.24. The predicted octanol–water partition coefficient (Wildman–Crippen LogP) is 2.20. The fourth-order valence-electron chi connectivity index (χ4n) is 4.19. The molecule has 0 aliphatic carbocycles. The van der Waals surface area contributed by atoms with Crippen LogP contribution in [0.4, 0.5) is 5.69 Å². The average Bonchev–Trinajstić information content (AvgIpc) is 2.87. The normalized spacial score (nSPS) is 15.8. The molecule has 9 heteroatoms. The van der Waals surface area contributed by atoms with E-state index in [2.05, 4.69) is 10.2 Å². The molecule has 2 heterocycles. The van der Waals surface area contributed by atoms with Crippen molar-refractivity contribution in [2.45, 2.75) is 12.8 Å². The van der Waals surface area contributed by atoms with Crippen LogP contribution in [0.15, 0.2) is 36.4 Å². The maximum absolute atomic E-state index is 12.9. The lowest BCUT2D eigenvalue weighted by molar-refractivity contribution is -0.116. The van der Waals surface area contributed by atoms with Crippen molar-refractivity contribution in [3.63, 3.8) is 0 Å². The third kappa shape index (κ3) is 5.31. The highest BCUT2D eigenvalue weighted by Crippen LogP contribution is 2.28. The van der Waals surface area contributed by atoms with Gasteiger partial charge in [-0.3, -0.25) is 14.5 Å². The topological polar surface area (TPSA) is 97.4 Å². The largest absolute Gasteiger partial charge is 0.493 e. The lowest BCUT2D eigenvalue weighted by Gasteiger charge is -2.34. The van der Waals surface area contributed by atoms with Crippen LogP contribution in [0, 0.1) is 0 Å². The molecule has 4 rings (SSSR count). The van der Waals surface area contributed by atoms with Gasteiger partial charge >= 0.3 is 5.97 Å². The third-order valence-corrected chi connectivity index (χ3v) is 6.17.